The van der Waals surface area contributed by atoms with Crippen molar-refractivity contribution in [2.45, 2.75) is 30.7 Å². The summed E-state index contributed by atoms with van der Waals surface area (Å²) in [7, 11) is -0.0960. The summed E-state index contributed by atoms with van der Waals surface area (Å²) in [4.78, 5) is 13.2. The summed E-state index contributed by atoms with van der Waals surface area (Å²) in [6.45, 7) is 2.16. The van der Waals surface area contributed by atoms with Crippen molar-refractivity contribution in [3.05, 3.63) is 23.8 Å². The van der Waals surface area contributed by atoms with Gasteiger partial charge in [0.25, 0.3) is 0 Å². The maximum absolute atomic E-state index is 12.7. The molecule has 1 saturated heterocycles. The fourth-order valence-electron chi connectivity index (χ4n) is 2.64. The van der Waals surface area contributed by atoms with Crippen molar-refractivity contribution in [1.29, 1.82) is 0 Å². The second-order valence-corrected chi connectivity index (χ2v) is 7.35. The monoisotopic (exact) mass is 312 g/mol. The number of hydrogen-bond acceptors (Lipinski definition) is 4. The smallest absolute Gasteiger partial charge is 0.322 e. The summed E-state index contributed by atoms with van der Waals surface area (Å²) in [5.41, 5.74) is 1.78. The van der Waals surface area contributed by atoms with Gasteiger partial charge in [0.15, 0.2) is 0 Å². The zero-order valence-corrected chi connectivity index (χ0v) is 13.2. The molecule has 7 heteroatoms. The summed E-state index contributed by atoms with van der Waals surface area (Å²) in [5.74, 6) is -1.09. The normalized spacial score (nSPS) is 19.7. The number of aliphatic carboxylic acids is 1. The Kier molecular flexibility index (Phi) is 4.25. The van der Waals surface area contributed by atoms with Crippen molar-refractivity contribution < 1.29 is 18.3 Å². The van der Waals surface area contributed by atoms with Gasteiger partial charge in [-0.2, -0.15) is 4.31 Å². The molecule has 1 aliphatic heterocycles. The fraction of sp³-hybridized carbons (Fsp3) is 0.500. The zero-order valence-electron chi connectivity index (χ0n) is 12.4. The predicted octanol–water partition coefficient (Wildman–Crippen LogP) is 1.30. The van der Waals surface area contributed by atoms with Gasteiger partial charge in [-0.3, -0.25) is 4.79 Å². The quantitative estimate of drug-likeness (QED) is 0.906. The van der Waals surface area contributed by atoms with Crippen molar-refractivity contribution in [2.24, 2.45) is 0 Å². The Balaban J connectivity index is 2.45. The Morgan fingerprint density at radius 1 is 1.38 bits per heavy atom. The van der Waals surface area contributed by atoms with Gasteiger partial charge in [0.1, 0.15) is 6.04 Å². The number of carboxylic acids is 1. The molecule has 1 unspecified atom stereocenters. The second kappa shape index (κ2) is 5.65. The van der Waals surface area contributed by atoms with Crippen LogP contribution < -0.4 is 4.90 Å². The van der Waals surface area contributed by atoms with Gasteiger partial charge < -0.3 is 10.0 Å². The van der Waals surface area contributed by atoms with Crippen LogP contribution >= 0.6 is 0 Å². The molecule has 0 aliphatic carbocycles. The molecule has 0 saturated carbocycles. The molecular weight excluding hydrogens is 292 g/mol. The van der Waals surface area contributed by atoms with Crippen LogP contribution in [0.3, 0.4) is 0 Å². The van der Waals surface area contributed by atoms with E-state index in [2.05, 4.69) is 0 Å². The van der Waals surface area contributed by atoms with Crippen LogP contribution in [-0.4, -0.2) is 50.5 Å². The molecule has 0 aromatic heterocycles. The Morgan fingerprint density at radius 3 is 2.62 bits per heavy atom. The van der Waals surface area contributed by atoms with Crippen LogP contribution in [0.25, 0.3) is 0 Å². The summed E-state index contributed by atoms with van der Waals surface area (Å²) >= 11 is 0. The molecule has 21 heavy (non-hydrogen) atoms. The van der Waals surface area contributed by atoms with E-state index >= 15 is 0 Å². The Morgan fingerprint density at radius 2 is 2.05 bits per heavy atom. The number of nitrogens with zero attached hydrogens (tertiary/aromatic N) is 2. The molecule has 0 radical (unpaired) electrons. The lowest BCUT2D eigenvalue weighted by Crippen LogP contribution is -2.40. The molecule has 1 aromatic carbocycles. The number of benzene rings is 1. The Labute approximate surface area is 125 Å². The third-order valence-corrected chi connectivity index (χ3v) is 5.66. The predicted molar refractivity (Wildman–Crippen MR) is 80.1 cm³/mol. The molecule has 0 amide bonds. The lowest BCUT2D eigenvalue weighted by Gasteiger charge is -2.23. The summed E-state index contributed by atoms with van der Waals surface area (Å²) in [6.07, 6.45) is 0.934. The average Bonchev–Trinajstić information content (AvgIpc) is 2.88. The average molecular weight is 312 g/mol. The summed E-state index contributed by atoms with van der Waals surface area (Å²) < 4.78 is 26.5. The largest absolute Gasteiger partial charge is 0.480 e. The van der Waals surface area contributed by atoms with Crippen LogP contribution in [0.4, 0.5) is 5.69 Å². The molecule has 1 aromatic rings. The number of carbonyl (C=O) groups is 1. The highest BCUT2D eigenvalue weighted by Gasteiger charge is 2.39. The highest BCUT2D eigenvalue weighted by molar-refractivity contribution is 7.89. The molecule has 6 nitrogen and oxygen atoms in total. The van der Waals surface area contributed by atoms with Crippen LogP contribution in [0, 0.1) is 6.92 Å². The minimum Gasteiger partial charge on any atom is -0.480 e. The van der Waals surface area contributed by atoms with Crippen LogP contribution in [0.5, 0.6) is 0 Å². The number of aryl methyl sites for hydroxylation is 1. The van der Waals surface area contributed by atoms with Gasteiger partial charge in [-0.25, -0.2) is 8.42 Å². The van der Waals surface area contributed by atoms with Crippen molar-refractivity contribution in [2.75, 3.05) is 25.5 Å². The number of hydrogen-bond donors (Lipinski definition) is 1. The van der Waals surface area contributed by atoms with E-state index in [1.54, 1.807) is 12.1 Å². The highest BCUT2D eigenvalue weighted by atomic mass is 32.2. The minimum absolute atomic E-state index is 0.143. The van der Waals surface area contributed by atoms with Gasteiger partial charge >= 0.3 is 5.97 Å². The van der Waals surface area contributed by atoms with Gasteiger partial charge in [0, 0.05) is 26.3 Å². The number of anilines is 1. The Hall–Kier alpha value is -1.60. The van der Waals surface area contributed by atoms with E-state index in [0.717, 1.165) is 15.6 Å². The first-order valence-electron chi connectivity index (χ1n) is 6.78. The first-order chi connectivity index (χ1) is 9.75. The number of sulfonamides is 1. The first-order valence-corrected chi connectivity index (χ1v) is 8.22. The maximum atomic E-state index is 12.7. The molecular formula is C14H20N2O4S. The molecule has 1 aliphatic rings. The third-order valence-electron chi connectivity index (χ3n) is 3.76. The lowest BCUT2D eigenvalue weighted by atomic mass is 10.2. The van der Waals surface area contributed by atoms with Crippen molar-refractivity contribution in [1.82, 2.24) is 4.31 Å². The minimum atomic E-state index is -3.78. The van der Waals surface area contributed by atoms with Crippen LogP contribution in [0.1, 0.15) is 18.4 Å². The molecule has 0 bridgehead atoms. The van der Waals surface area contributed by atoms with E-state index in [1.807, 2.05) is 25.9 Å². The third kappa shape index (κ3) is 2.89. The topological polar surface area (TPSA) is 77.9 Å². The second-order valence-electron chi connectivity index (χ2n) is 5.45. The van der Waals surface area contributed by atoms with Gasteiger partial charge in [-0.05, 0) is 37.5 Å². The number of rotatable bonds is 4. The highest BCUT2D eigenvalue weighted by Crippen LogP contribution is 2.29. The summed E-state index contributed by atoms with van der Waals surface area (Å²) in [5, 5.41) is 9.17. The van der Waals surface area contributed by atoms with E-state index < -0.39 is 22.0 Å². The van der Waals surface area contributed by atoms with Gasteiger partial charge in [-0.15, -0.1) is 0 Å². The van der Waals surface area contributed by atoms with E-state index in [9.17, 15) is 13.2 Å². The molecule has 1 fully saturated rings. The SMILES string of the molecule is Cc1ccc(S(=O)(=O)N2CCCC2C(=O)O)cc1N(C)C. The van der Waals surface area contributed by atoms with Crippen molar-refractivity contribution in [3.8, 4) is 0 Å². The van der Waals surface area contributed by atoms with Gasteiger partial charge in [0.2, 0.25) is 10.0 Å². The molecule has 1 atom stereocenters. The van der Waals surface area contributed by atoms with Crippen molar-refractivity contribution in [3.63, 3.8) is 0 Å². The molecule has 1 N–H and O–H groups in total. The first kappa shape index (κ1) is 15.8. The molecule has 1 heterocycles. The molecule has 116 valence electrons. The maximum Gasteiger partial charge on any atom is 0.322 e. The van der Waals surface area contributed by atoms with Crippen molar-refractivity contribution >= 4 is 21.7 Å². The van der Waals surface area contributed by atoms with Gasteiger partial charge in [-0.1, -0.05) is 6.07 Å². The fourth-order valence-corrected chi connectivity index (χ4v) is 4.31. The number of carboxylic acid groups (broad SMARTS) is 1. The Bertz CT molecular complexity index is 655. The van der Waals surface area contributed by atoms with Crippen LogP contribution in [0.15, 0.2) is 23.1 Å². The van der Waals surface area contributed by atoms with E-state index in [0.29, 0.717) is 12.8 Å². The van der Waals surface area contributed by atoms with Crippen LogP contribution in [-0.2, 0) is 14.8 Å². The van der Waals surface area contributed by atoms with E-state index in [-0.39, 0.29) is 11.4 Å². The van der Waals surface area contributed by atoms with Gasteiger partial charge in [0.05, 0.1) is 4.90 Å². The molecule has 2 rings (SSSR count). The lowest BCUT2D eigenvalue weighted by molar-refractivity contribution is -0.140. The van der Waals surface area contributed by atoms with E-state index in [1.165, 1.54) is 6.07 Å². The van der Waals surface area contributed by atoms with Crippen LogP contribution in [0.2, 0.25) is 0 Å². The standard InChI is InChI=1S/C14H20N2O4S/c1-10-6-7-11(9-13(10)15(2)3)21(19,20)16-8-4-5-12(16)14(17)18/h6-7,9,12H,4-5,8H2,1-3H3,(H,17,18). The summed E-state index contributed by atoms with van der Waals surface area (Å²) in [6, 6.07) is 3.92. The zero-order chi connectivity index (χ0) is 15.8. The van der Waals surface area contributed by atoms with E-state index in [4.69, 9.17) is 5.11 Å². The molecule has 0 spiro atoms.